The molecule has 1 unspecified atom stereocenters. The van der Waals surface area contributed by atoms with Crippen LogP contribution in [0.2, 0.25) is 0 Å². The number of rotatable bonds is 9. The third-order valence-corrected chi connectivity index (χ3v) is 5.06. The lowest BCUT2D eigenvalue weighted by molar-refractivity contribution is -0.118. The van der Waals surface area contributed by atoms with E-state index in [1.807, 2.05) is 30.3 Å². The zero-order chi connectivity index (χ0) is 19.2. The highest BCUT2D eigenvalue weighted by molar-refractivity contribution is 5.81. The third kappa shape index (κ3) is 4.33. The zero-order valence-corrected chi connectivity index (χ0v) is 16.2. The Balaban J connectivity index is 1.57. The Kier molecular flexibility index (Phi) is 6.17. The number of furan rings is 1. The summed E-state index contributed by atoms with van der Waals surface area (Å²) in [6.07, 6.45) is 8.71. The fourth-order valence-corrected chi connectivity index (χ4v) is 3.66. The Hall–Kier alpha value is -2.75. The van der Waals surface area contributed by atoms with Crippen LogP contribution in [0.3, 0.4) is 0 Å². The molecule has 0 radical (unpaired) electrons. The van der Waals surface area contributed by atoms with Gasteiger partial charge in [-0.05, 0) is 42.7 Å². The van der Waals surface area contributed by atoms with Crippen molar-refractivity contribution in [1.29, 1.82) is 0 Å². The Labute approximate surface area is 160 Å². The van der Waals surface area contributed by atoms with E-state index in [9.17, 15) is 4.79 Å². The van der Waals surface area contributed by atoms with Gasteiger partial charge in [-0.1, -0.05) is 30.7 Å². The number of benzene rings is 1. The molecule has 1 aromatic carbocycles. The largest absolute Gasteiger partial charge is 0.493 e. The second-order valence-electron chi connectivity index (χ2n) is 6.71. The Morgan fingerprint density at radius 2 is 1.93 bits per heavy atom. The van der Waals surface area contributed by atoms with Crippen molar-refractivity contribution >= 4 is 11.4 Å². The van der Waals surface area contributed by atoms with Gasteiger partial charge in [0.2, 0.25) is 0 Å². The van der Waals surface area contributed by atoms with E-state index in [4.69, 9.17) is 13.9 Å². The summed E-state index contributed by atoms with van der Waals surface area (Å²) in [4.78, 5) is 12.5. The molecule has 27 heavy (non-hydrogen) atoms. The maximum absolute atomic E-state index is 12.5. The number of hydrogen-bond donors (Lipinski definition) is 0. The molecule has 3 rings (SSSR count). The van der Waals surface area contributed by atoms with Gasteiger partial charge in [0.25, 0.3) is 0 Å². The van der Waals surface area contributed by atoms with Crippen molar-refractivity contribution in [1.82, 2.24) is 0 Å². The number of Topliss-reactive ketones (excluding diaryl/α,β-unsaturated/α-hetero) is 1. The van der Waals surface area contributed by atoms with Gasteiger partial charge in [-0.25, -0.2) is 0 Å². The van der Waals surface area contributed by atoms with Crippen LogP contribution in [0.25, 0.3) is 5.57 Å². The highest BCUT2D eigenvalue weighted by Crippen LogP contribution is 2.38. The van der Waals surface area contributed by atoms with Crippen LogP contribution in [-0.2, 0) is 11.2 Å². The van der Waals surface area contributed by atoms with Crippen LogP contribution in [0, 0.1) is 5.92 Å². The highest BCUT2D eigenvalue weighted by Gasteiger charge is 2.24. The fraction of sp³-hybridized carbons (Fsp3) is 0.348. The molecular formula is C23H26O4. The van der Waals surface area contributed by atoms with Crippen molar-refractivity contribution in [2.24, 2.45) is 5.92 Å². The summed E-state index contributed by atoms with van der Waals surface area (Å²) in [6.45, 7) is 2.17. The van der Waals surface area contributed by atoms with Crippen molar-refractivity contribution < 1.29 is 18.7 Å². The van der Waals surface area contributed by atoms with Gasteiger partial charge in [0, 0.05) is 24.3 Å². The summed E-state index contributed by atoms with van der Waals surface area (Å²) in [6, 6.07) is 9.53. The summed E-state index contributed by atoms with van der Waals surface area (Å²) in [5, 5.41) is 0. The number of ketones is 1. The van der Waals surface area contributed by atoms with Crippen LogP contribution < -0.4 is 9.47 Å². The number of hydrogen-bond acceptors (Lipinski definition) is 4. The van der Waals surface area contributed by atoms with E-state index in [1.54, 1.807) is 20.5 Å². The first kappa shape index (κ1) is 19.0. The second kappa shape index (κ2) is 8.76. The van der Waals surface area contributed by atoms with E-state index in [2.05, 4.69) is 19.1 Å². The number of carbonyl (C=O) groups excluding carboxylic acids is 1. The molecule has 4 nitrogen and oxygen atoms in total. The molecule has 1 heterocycles. The van der Waals surface area contributed by atoms with E-state index in [0.29, 0.717) is 30.3 Å². The van der Waals surface area contributed by atoms with E-state index >= 15 is 0 Å². The first-order chi connectivity index (χ1) is 13.2. The first-order valence-electron chi connectivity index (χ1n) is 9.33. The molecule has 0 N–H and O–H groups in total. The first-order valence-corrected chi connectivity index (χ1v) is 9.33. The summed E-state index contributed by atoms with van der Waals surface area (Å²) >= 11 is 0. The summed E-state index contributed by atoms with van der Waals surface area (Å²) in [5.41, 5.74) is 3.47. The smallest absolute Gasteiger partial charge is 0.161 e. The minimum atomic E-state index is 0.226. The zero-order valence-electron chi connectivity index (χ0n) is 16.2. The normalized spacial score (nSPS) is 16.0. The van der Waals surface area contributed by atoms with Gasteiger partial charge in [-0.15, -0.1) is 0 Å². The Morgan fingerprint density at radius 1 is 1.11 bits per heavy atom. The SMILES string of the molecule is CCC1C(CCC(=O)Cc2ccc(OC)c(OC)c2)=CC=C1c1ccco1. The lowest BCUT2D eigenvalue weighted by Gasteiger charge is -2.16. The maximum Gasteiger partial charge on any atom is 0.161 e. The molecule has 0 spiro atoms. The number of allylic oxidation sites excluding steroid dienone is 4. The van der Waals surface area contributed by atoms with Crippen molar-refractivity contribution in [3.63, 3.8) is 0 Å². The molecule has 0 fully saturated rings. The lowest BCUT2D eigenvalue weighted by Crippen LogP contribution is -2.07. The van der Waals surface area contributed by atoms with Gasteiger partial charge in [-0.2, -0.15) is 0 Å². The van der Waals surface area contributed by atoms with Crippen LogP contribution in [0.1, 0.15) is 37.5 Å². The Morgan fingerprint density at radius 3 is 2.59 bits per heavy atom. The molecule has 4 heteroatoms. The van der Waals surface area contributed by atoms with E-state index < -0.39 is 0 Å². The lowest BCUT2D eigenvalue weighted by atomic mass is 9.88. The van der Waals surface area contributed by atoms with Crippen molar-refractivity contribution in [3.8, 4) is 11.5 Å². The van der Waals surface area contributed by atoms with Gasteiger partial charge in [0.05, 0.1) is 20.5 Å². The topological polar surface area (TPSA) is 48.7 Å². The molecule has 0 bridgehead atoms. The van der Waals surface area contributed by atoms with Crippen molar-refractivity contribution in [2.75, 3.05) is 14.2 Å². The van der Waals surface area contributed by atoms with Crippen LogP contribution in [0.15, 0.2) is 58.7 Å². The molecule has 2 aromatic rings. The molecule has 1 aliphatic rings. The minimum absolute atomic E-state index is 0.226. The van der Waals surface area contributed by atoms with E-state index in [1.165, 1.54) is 11.1 Å². The quantitative estimate of drug-likeness (QED) is 0.609. The monoisotopic (exact) mass is 366 g/mol. The van der Waals surface area contributed by atoms with Gasteiger partial charge in [0.15, 0.2) is 11.5 Å². The molecule has 0 aliphatic heterocycles. The molecule has 142 valence electrons. The van der Waals surface area contributed by atoms with Crippen LogP contribution in [0.4, 0.5) is 0 Å². The van der Waals surface area contributed by atoms with Crippen molar-refractivity contribution in [2.45, 2.75) is 32.6 Å². The molecule has 0 saturated carbocycles. The van der Waals surface area contributed by atoms with Gasteiger partial charge in [0.1, 0.15) is 11.5 Å². The predicted molar refractivity (Wildman–Crippen MR) is 106 cm³/mol. The number of ether oxygens (including phenoxy) is 2. The molecular weight excluding hydrogens is 340 g/mol. The van der Waals surface area contributed by atoms with Gasteiger partial charge >= 0.3 is 0 Å². The standard InChI is InChI=1S/C23H26O4/c1-4-19-17(9-11-20(19)21-6-5-13-27-21)8-10-18(24)14-16-7-12-22(25-2)23(15-16)26-3/h5-7,9,11-13,15,19H,4,8,10,14H2,1-3H3. The summed E-state index contributed by atoms with van der Waals surface area (Å²) in [7, 11) is 3.21. The molecule has 0 saturated heterocycles. The Bertz CT molecular complexity index is 843. The van der Waals surface area contributed by atoms with E-state index in [0.717, 1.165) is 24.2 Å². The van der Waals surface area contributed by atoms with Crippen LogP contribution in [-0.4, -0.2) is 20.0 Å². The molecule has 0 amide bonds. The predicted octanol–water partition coefficient (Wildman–Crippen LogP) is 5.24. The van der Waals surface area contributed by atoms with E-state index in [-0.39, 0.29) is 5.78 Å². The average molecular weight is 366 g/mol. The second-order valence-corrected chi connectivity index (χ2v) is 6.71. The third-order valence-electron chi connectivity index (χ3n) is 5.06. The highest BCUT2D eigenvalue weighted by atomic mass is 16.5. The molecule has 1 aromatic heterocycles. The maximum atomic E-state index is 12.5. The van der Waals surface area contributed by atoms with Crippen molar-refractivity contribution in [3.05, 3.63) is 65.6 Å². The number of methoxy groups -OCH3 is 2. The number of carbonyl (C=O) groups is 1. The summed E-state index contributed by atoms with van der Waals surface area (Å²) < 4.78 is 16.1. The minimum Gasteiger partial charge on any atom is -0.493 e. The van der Waals surface area contributed by atoms with Gasteiger partial charge in [-0.3, -0.25) is 4.79 Å². The van der Waals surface area contributed by atoms with Crippen LogP contribution >= 0.6 is 0 Å². The van der Waals surface area contributed by atoms with Gasteiger partial charge < -0.3 is 13.9 Å². The fourth-order valence-electron chi connectivity index (χ4n) is 3.66. The molecule has 1 atom stereocenters. The average Bonchev–Trinajstić information content (AvgIpc) is 3.35. The summed E-state index contributed by atoms with van der Waals surface area (Å²) in [5.74, 6) is 2.81. The van der Waals surface area contributed by atoms with Crippen LogP contribution in [0.5, 0.6) is 11.5 Å². The molecule has 1 aliphatic carbocycles.